The molecule has 0 aliphatic heterocycles. The summed E-state index contributed by atoms with van der Waals surface area (Å²) in [5.74, 6) is -0.285. The molecule has 4 nitrogen and oxygen atoms in total. The van der Waals surface area contributed by atoms with Crippen molar-refractivity contribution in [1.29, 1.82) is 0 Å². The number of anilines is 1. The van der Waals surface area contributed by atoms with E-state index in [1.54, 1.807) is 24.3 Å². The Kier molecular flexibility index (Phi) is 7.20. The number of nitrogens with one attached hydrogen (secondary N) is 2. The molecule has 0 heterocycles. The molecule has 0 saturated carbocycles. The Labute approximate surface area is 149 Å². The average Bonchev–Trinajstić information content (AvgIpc) is 2.64. The lowest BCUT2D eigenvalue weighted by Gasteiger charge is -2.11. The van der Waals surface area contributed by atoms with Crippen LogP contribution in [0, 0.1) is 6.92 Å². The van der Waals surface area contributed by atoms with Gasteiger partial charge >= 0.3 is 0 Å². The minimum atomic E-state index is -0.180. The minimum absolute atomic E-state index is 0.105. The van der Waals surface area contributed by atoms with E-state index in [1.807, 2.05) is 31.2 Å². The molecule has 0 spiro atoms. The summed E-state index contributed by atoms with van der Waals surface area (Å²) in [5.41, 5.74) is 2.73. The van der Waals surface area contributed by atoms with Crippen LogP contribution in [0.2, 0.25) is 0 Å². The van der Waals surface area contributed by atoms with Gasteiger partial charge < -0.3 is 10.6 Å². The molecule has 4 heteroatoms. The molecule has 0 aliphatic rings. The summed E-state index contributed by atoms with van der Waals surface area (Å²) in [6, 6.07) is 14.4. The molecule has 0 atom stereocenters. The second-order valence-corrected chi connectivity index (χ2v) is 6.17. The van der Waals surface area contributed by atoms with E-state index in [1.165, 1.54) is 12.8 Å². The van der Waals surface area contributed by atoms with E-state index in [9.17, 15) is 9.59 Å². The minimum Gasteiger partial charge on any atom is -0.352 e. The van der Waals surface area contributed by atoms with Gasteiger partial charge in [0.25, 0.3) is 11.8 Å². The van der Waals surface area contributed by atoms with Crippen LogP contribution in [0.1, 0.15) is 58.9 Å². The Balaban J connectivity index is 1.99. The van der Waals surface area contributed by atoms with Gasteiger partial charge in [0.1, 0.15) is 0 Å². The first-order chi connectivity index (χ1) is 12.1. The number of unbranched alkanes of at least 4 members (excludes halogenated alkanes) is 3. The normalized spacial score (nSPS) is 10.3. The number of hydrogen-bond acceptors (Lipinski definition) is 2. The molecule has 0 radical (unpaired) electrons. The molecule has 132 valence electrons. The van der Waals surface area contributed by atoms with Gasteiger partial charge in [0, 0.05) is 23.4 Å². The highest BCUT2D eigenvalue weighted by atomic mass is 16.2. The van der Waals surface area contributed by atoms with Crippen molar-refractivity contribution < 1.29 is 9.59 Å². The highest BCUT2D eigenvalue weighted by molar-refractivity contribution is 6.05. The largest absolute Gasteiger partial charge is 0.352 e. The maximum atomic E-state index is 12.3. The van der Waals surface area contributed by atoms with Crippen molar-refractivity contribution in [3.05, 3.63) is 65.2 Å². The first-order valence-corrected chi connectivity index (χ1v) is 8.87. The highest BCUT2D eigenvalue weighted by Gasteiger charge is 2.11. The zero-order valence-corrected chi connectivity index (χ0v) is 15.0. The zero-order valence-electron chi connectivity index (χ0n) is 15.0. The predicted molar refractivity (Wildman–Crippen MR) is 102 cm³/mol. The maximum absolute atomic E-state index is 12.3. The van der Waals surface area contributed by atoms with E-state index in [4.69, 9.17) is 0 Å². The quantitative estimate of drug-likeness (QED) is 0.693. The Hall–Kier alpha value is -2.62. The lowest BCUT2D eigenvalue weighted by molar-refractivity contribution is 0.0951. The van der Waals surface area contributed by atoms with Crippen LogP contribution in [-0.2, 0) is 0 Å². The van der Waals surface area contributed by atoms with Crippen LogP contribution in [0.3, 0.4) is 0 Å². The molecule has 0 aliphatic carbocycles. The third kappa shape index (κ3) is 5.75. The van der Waals surface area contributed by atoms with Crippen LogP contribution >= 0.6 is 0 Å². The summed E-state index contributed by atoms with van der Waals surface area (Å²) in [6.45, 7) is 4.75. The summed E-state index contributed by atoms with van der Waals surface area (Å²) in [5, 5.41) is 5.82. The van der Waals surface area contributed by atoms with Crippen LogP contribution < -0.4 is 10.6 Å². The topological polar surface area (TPSA) is 58.2 Å². The molecule has 0 unspecified atom stereocenters. The molecule has 2 aromatic carbocycles. The SMILES string of the molecule is CCCCCCNC(=O)c1ccc(C)c(NC(=O)c2ccccc2)c1. The van der Waals surface area contributed by atoms with Gasteiger partial charge in [-0.1, -0.05) is 50.5 Å². The van der Waals surface area contributed by atoms with Gasteiger partial charge in [-0.2, -0.15) is 0 Å². The Bertz CT molecular complexity index is 711. The molecule has 2 rings (SSSR count). The van der Waals surface area contributed by atoms with Gasteiger partial charge in [0.2, 0.25) is 0 Å². The number of amides is 2. The molecule has 2 N–H and O–H groups in total. The second-order valence-electron chi connectivity index (χ2n) is 6.17. The van der Waals surface area contributed by atoms with Crippen LogP contribution in [0.25, 0.3) is 0 Å². The zero-order chi connectivity index (χ0) is 18.1. The standard InChI is InChI=1S/C21H26N2O2/c1-3-4-5-9-14-22-20(24)18-13-12-16(2)19(15-18)23-21(25)17-10-7-6-8-11-17/h6-8,10-13,15H,3-5,9,14H2,1-2H3,(H,22,24)(H,23,25). The Morgan fingerprint density at radius 2 is 1.64 bits per heavy atom. The molecule has 0 saturated heterocycles. The maximum Gasteiger partial charge on any atom is 0.255 e. The lowest BCUT2D eigenvalue weighted by atomic mass is 10.1. The number of hydrogen-bond donors (Lipinski definition) is 2. The van der Waals surface area contributed by atoms with Crippen molar-refractivity contribution in [3.8, 4) is 0 Å². The number of carbonyl (C=O) groups excluding carboxylic acids is 2. The van der Waals surface area contributed by atoms with Crippen molar-refractivity contribution >= 4 is 17.5 Å². The second kappa shape index (κ2) is 9.62. The van der Waals surface area contributed by atoms with Gasteiger partial charge in [-0.05, 0) is 43.2 Å². The average molecular weight is 338 g/mol. The first kappa shape index (κ1) is 18.7. The van der Waals surface area contributed by atoms with Crippen LogP contribution in [0.15, 0.2) is 48.5 Å². The summed E-state index contributed by atoms with van der Waals surface area (Å²) in [7, 11) is 0. The number of aryl methyl sites for hydroxylation is 1. The van der Waals surface area contributed by atoms with E-state index in [0.29, 0.717) is 23.4 Å². The Morgan fingerprint density at radius 1 is 0.880 bits per heavy atom. The van der Waals surface area contributed by atoms with Gasteiger partial charge in [-0.15, -0.1) is 0 Å². The third-order valence-corrected chi connectivity index (χ3v) is 4.10. The molecule has 2 aromatic rings. The van der Waals surface area contributed by atoms with E-state index in [0.717, 1.165) is 18.4 Å². The Morgan fingerprint density at radius 3 is 2.36 bits per heavy atom. The van der Waals surface area contributed by atoms with E-state index in [2.05, 4.69) is 17.6 Å². The number of benzene rings is 2. The van der Waals surface area contributed by atoms with Gasteiger partial charge in [0.15, 0.2) is 0 Å². The smallest absolute Gasteiger partial charge is 0.255 e. The van der Waals surface area contributed by atoms with Gasteiger partial charge in [0.05, 0.1) is 0 Å². The summed E-state index contributed by atoms with van der Waals surface area (Å²) in [6.07, 6.45) is 4.48. The van der Waals surface area contributed by atoms with Crippen molar-refractivity contribution in [2.45, 2.75) is 39.5 Å². The molecule has 2 amide bonds. The monoisotopic (exact) mass is 338 g/mol. The van der Waals surface area contributed by atoms with Crippen LogP contribution in [0.5, 0.6) is 0 Å². The van der Waals surface area contributed by atoms with E-state index < -0.39 is 0 Å². The predicted octanol–water partition coefficient (Wildman–Crippen LogP) is 4.56. The van der Waals surface area contributed by atoms with Crippen molar-refractivity contribution in [2.75, 3.05) is 11.9 Å². The van der Waals surface area contributed by atoms with Crippen LogP contribution in [0.4, 0.5) is 5.69 Å². The van der Waals surface area contributed by atoms with E-state index >= 15 is 0 Å². The molecule has 25 heavy (non-hydrogen) atoms. The van der Waals surface area contributed by atoms with Crippen molar-refractivity contribution in [2.24, 2.45) is 0 Å². The first-order valence-electron chi connectivity index (χ1n) is 8.87. The summed E-state index contributed by atoms with van der Waals surface area (Å²) in [4.78, 5) is 24.6. The van der Waals surface area contributed by atoms with Crippen LogP contribution in [-0.4, -0.2) is 18.4 Å². The van der Waals surface area contributed by atoms with Gasteiger partial charge in [-0.25, -0.2) is 0 Å². The molecule has 0 fully saturated rings. The van der Waals surface area contributed by atoms with E-state index in [-0.39, 0.29) is 11.8 Å². The molecular weight excluding hydrogens is 312 g/mol. The fourth-order valence-electron chi connectivity index (χ4n) is 2.54. The number of carbonyl (C=O) groups is 2. The fraction of sp³-hybridized carbons (Fsp3) is 0.333. The van der Waals surface area contributed by atoms with Crippen molar-refractivity contribution in [1.82, 2.24) is 5.32 Å². The summed E-state index contributed by atoms with van der Waals surface area (Å²) >= 11 is 0. The molecule has 0 aromatic heterocycles. The third-order valence-electron chi connectivity index (χ3n) is 4.10. The highest BCUT2D eigenvalue weighted by Crippen LogP contribution is 2.18. The van der Waals surface area contributed by atoms with Crippen molar-refractivity contribution in [3.63, 3.8) is 0 Å². The molecule has 0 bridgehead atoms. The summed E-state index contributed by atoms with van der Waals surface area (Å²) < 4.78 is 0. The van der Waals surface area contributed by atoms with Gasteiger partial charge in [-0.3, -0.25) is 9.59 Å². The fourth-order valence-corrected chi connectivity index (χ4v) is 2.54. The number of rotatable bonds is 8. The lowest BCUT2D eigenvalue weighted by Crippen LogP contribution is -2.24. The molecular formula is C21H26N2O2.